The molecule has 6 rings (SSSR count). The quantitative estimate of drug-likeness (QED) is 0.317. The second-order valence-corrected chi connectivity index (χ2v) is 11.1. The number of carbonyl (C=O) groups is 2. The summed E-state index contributed by atoms with van der Waals surface area (Å²) in [7, 11) is 0. The van der Waals surface area contributed by atoms with Crippen LogP contribution < -0.4 is 10.6 Å². The molecule has 0 saturated carbocycles. The van der Waals surface area contributed by atoms with Gasteiger partial charge in [0.25, 0.3) is 11.8 Å². The highest BCUT2D eigenvalue weighted by molar-refractivity contribution is 7.15. The molecular weight excluding hydrogens is 488 g/mol. The molecule has 0 spiro atoms. The van der Waals surface area contributed by atoms with E-state index < -0.39 is 0 Å². The lowest BCUT2D eigenvalue weighted by molar-refractivity contribution is 0.101. The van der Waals surface area contributed by atoms with E-state index in [9.17, 15) is 9.59 Å². The Kier molecular flexibility index (Phi) is 6.37. The average molecular weight is 515 g/mol. The van der Waals surface area contributed by atoms with Crippen LogP contribution in [0, 0.1) is 0 Å². The lowest BCUT2D eigenvalue weighted by Crippen LogP contribution is -2.13. The van der Waals surface area contributed by atoms with E-state index in [0.717, 1.165) is 25.7 Å². The predicted molar refractivity (Wildman–Crippen MR) is 145 cm³/mol. The molecule has 0 unspecified atom stereocenters. The monoisotopic (exact) mass is 514 g/mol. The van der Waals surface area contributed by atoms with E-state index in [2.05, 4.69) is 32.7 Å². The second kappa shape index (κ2) is 9.95. The van der Waals surface area contributed by atoms with Crippen molar-refractivity contribution in [1.29, 1.82) is 0 Å². The topological polar surface area (TPSA) is 84.0 Å². The molecule has 2 aromatic heterocycles. The third-order valence-corrected chi connectivity index (χ3v) is 8.45. The zero-order valence-electron chi connectivity index (χ0n) is 19.8. The van der Waals surface area contributed by atoms with Gasteiger partial charge in [-0.3, -0.25) is 20.2 Å². The van der Waals surface area contributed by atoms with Gasteiger partial charge >= 0.3 is 0 Å². The van der Waals surface area contributed by atoms with E-state index in [0.29, 0.717) is 32.8 Å². The van der Waals surface area contributed by atoms with E-state index in [1.54, 1.807) is 0 Å². The maximum atomic E-state index is 12.8. The number of rotatable bonds is 5. The molecule has 0 saturated heterocycles. The van der Waals surface area contributed by atoms with E-state index >= 15 is 0 Å². The summed E-state index contributed by atoms with van der Waals surface area (Å²) in [5, 5.41) is 10.6. The Morgan fingerprint density at radius 1 is 0.611 bits per heavy atom. The minimum absolute atomic E-state index is 0.152. The van der Waals surface area contributed by atoms with Crippen LogP contribution in [-0.4, -0.2) is 21.8 Å². The summed E-state index contributed by atoms with van der Waals surface area (Å²) in [5.41, 5.74) is 7.93. The number of aryl methyl sites for hydroxylation is 4. The highest BCUT2D eigenvalue weighted by Gasteiger charge is 2.17. The van der Waals surface area contributed by atoms with Gasteiger partial charge in [-0.2, -0.15) is 0 Å². The number of hydrogen-bond acceptors (Lipinski definition) is 6. The molecule has 182 valence electrons. The summed E-state index contributed by atoms with van der Waals surface area (Å²) in [6.45, 7) is 0. The molecule has 6 nitrogen and oxygen atoms in total. The molecule has 2 amide bonds. The number of carbonyl (C=O) groups excluding carboxylic acids is 2. The van der Waals surface area contributed by atoms with Gasteiger partial charge in [-0.1, -0.05) is 12.1 Å². The van der Waals surface area contributed by atoms with Gasteiger partial charge in [-0.15, -0.1) is 22.7 Å². The first-order valence-electron chi connectivity index (χ1n) is 12.4. The van der Waals surface area contributed by atoms with E-state index in [-0.39, 0.29) is 11.8 Å². The number of amides is 2. The Morgan fingerprint density at radius 3 is 1.47 bits per heavy atom. The maximum Gasteiger partial charge on any atom is 0.257 e. The van der Waals surface area contributed by atoms with Gasteiger partial charge in [-0.25, -0.2) is 9.97 Å². The van der Waals surface area contributed by atoms with Crippen LogP contribution in [0.15, 0.2) is 47.2 Å². The fraction of sp³-hybridized carbons (Fsp3) is 0.286. The molecule has 2 aliphatic carbocycles. The number of nitrogens with zero attached hydrogens (tertiary/aromatic N) is 2. The summed E-state index contributed by atoms with van der Waals surface area (Å²) in [5.74, 6) is -0.305. The molecule has 36 heavy (non-hydrogen) atoms. The first-order chi connectivity index (χ1) is 17.6. The highest BCUT2D eigenvalue weighted by atomic mass is 32.1. The smallest absolute Gasteiger partial charge is 0.257 e. The SMILES string of the molecule is O=C(Nc1nc(-c2csc(NC(=O)c3ccc4c(c3)CCCC4)n2)cs1)c1ccc2c(c1)CCCC2. The van der Waals surface area contributed by atoms with Crippen molar-refractivity contribution in [2.75, 3.05) is 10.6 Å². The van der Waals surface area contributed by atoms with Crippen molar-refractivity contribution in [2.24, 2.45) is 0 Å². The van der Waals surface area contributed by atoms with Crippen LogP contribution in [0.3, 0.4) is 0 Å². The van der Waals surface area contributed by atoms with Crippen molar-refractivity contribution in [3.8, 4) is 11.4 Å². The first kappa shape index (κ1) is 23.1. The van der Waals surface area contributed by atoms with Crippen LogP contribution in [0.2, 0.25) is 0 Å². The van der Waals surface area contributed by atoms with Crippen LogP contribution in [-0.2, 0) is 25.7 Å². The van der Waals surface area contributed by atoms with Crippen LogP contribution in [0.1, 0.15) is 68.7 Å². The number of hydrogen-bond donors (Lipinski definition) is 2. The minimum Gasteiger partial charge on any atom is -0.298 e. The number of fused-ring (bicyclic) bond motifs is 2. The molecule has 0 aliphatic heterocycles. The van der Waals surface area contributed by atoms with Crippen molar-refractivity contribution >= 4 is 44.8 Å². The standard InChI is InChI=1S/C28H26N4O2S2/c33-25(21-11-9-17-5-1-3-7-19(17)13-21)31-27-29-23(15-35-27)24-16-36-28(30-24)32-26(34)22-12-10-18-6-2-4-8-20(18)14-22/h9-16H,1-8H2,(H,29,31,33)(H,30,32,34). The molecule has 2 N–H and O–H groups in total. The Bertz CT molecular complexity index is 1350. The lowest BCUT2D eigenvalue weighted by atomic mass is 9.90. The molecule has 4 aromatic rings. The van der Waals surface area contributed by atoms with Crippen molar-refractivity contribution in [3.05, 3.63) is 80.5 Å². The Morgan fingerprint density at radius 2 is 1.03 bits per heavy atom. The summed E-state index contributed by atoms with van der Waals surface area (Å²) < 4.78 is 0. The molecule has 0 bridgehead atoms. The molecule has 2 aromatic carbocycles. The first-order valence-corrected chi connectivity index (χ1v) is 14.2. The fourth-order valence-corrected chi connectivity index (χ4v) is 6.38. The Balaban J connectivity index is 1.11. The molecule has 8 heteroatoms. The van der Waals surface area contributed by atoms with Crippen molar-refractivity contribution in [1.82, 2.24) is 9.97 Å². The summed E-state index contributed by atoms with van der Waals surface area (Å²) in [6, 6.07) is 12.0. The highest BCUT2D eigenvalue weighted by Crippen LogP contribution is 2.29. The molecule has 0 fully saturated rings. The van der Waals surface area contributed by atoms with Gasteiger partial charge in [0, 0.05) is 21.9 Å². The number of thiazole rings is 2. The third kappa shape index (κ3) is 4.83. The summed E-state index contributed by atoms with van der Waals surface area (Å²) >= 11 is 2.73. The third-order valence-electron chi connectivity index (χ3n) is 6.93. The van der Waals surface area contributed by atoms with Crippen LogP contribution >= 0.6 is 22.7 Å². The number of benzene rings is 2. The fourth-order valence-electron chi connectivity index (χ4n) is 4.99. The number of anilines is 2. The van der Waals surface area contributed by atoms with Gasteiger partial charge in [0.2, 0.25) is 0 Å². The largest absolute Gasteiger partial charge is 0.298 e. The van der Waals surface area contributed by atoms with Crippen LogP contribution in [0.5, 0.6) is 0 Å². The van der Waals surface area contributed by atoms with E-state index in [4.69, 9.17) is 0 Å². The summed E-state index contributed by atoms with van der Waals surface area (Å²) in [6.07, 6.45) is 9.05. The van der Waals surface area contributed by atoms with Gasteiger partial charge in [0.15, 0.2) is 10.3 Å². The van der Waals surface area contributed by atoms with Crippen molar-refractivity contribution in [2.45, 2.75) is 51.4 Å². The van der Waals surface area contributed by atoms with Crippen LogP contribution in [0.25, 0.3) is 11.4 Å². The maximum absolute atomic E-state index is 12.8. The Hall–Kier alpha value is -3.36. The Labute approximate surface area is 217 Å². The number of aromatic nitrogens is 2. The number of nitrogens with one attached hydrogen (secondary N) is 2. The lowest BCUT2D eigenvalue weighted by Gasteiger charge is -2.16. The van der Waals surface area contributed by atoms with Gasteiger partial charge in [0.1, 0.15) is 11.4 Å². The minimum atomic E-state index is -0.152. The molecule has 0 radical (unpaired) electrons. The second-order valence-electron chi connectivity index (χ2n) is 9.37. The molecule has 2 heterocycles. The van der Waals surface area contributed by atoms with Crippen LogP contribution in [0.4, 0.5) is 10.3 Å². The average Bonchev–Trinajstić information content (AvgIpc) is 3.57. The molecule has 0 atom stereocenters. The zero-order valence-corrected chi connectivity index (χ0v) is 21.4. The van der Waals surface area contributed by atoms with Gasteiger partial charge in [-0.05, 0) is 97.9 Å². The van der Waals surface area contributed by atoms with Gasteiger partial charge in [0.05, 0.1) is 0 Å². The van der Waals surface area contributed by atoms with Crippen molar-refractivity contribution in [3.63, 3.8) is 0 Å². The summed E-state index contributed by atoms with van der Waals surface area (Å²) in [4.78, 5) is 34.7. The van der Waals surface area contributed by atoms with Gasteiger partial charge < -0.3 is 0 Å². The van der Waals surface area contributed by atoms with E-state index in [1.165, 1.54) is 70.6 Å². The van der Waals surface area contributed by atoms with Crippen molar-refractivity contribution < 1.29 is 9.59 Å². The molecule has 2 aliphatic rings. The molecular formula is C28H26N4O2S2. The predicted octanol–water partition coefficient (Wildman–Crippen LogP) is 6.53. The normalized spacial score (nSPS) is 14.6. The zero-order chi connectivity index (χ0) is 24.5. The van der Waals surface area contributed by atoms with E-state index in [1.807, 2.05) is 35.0 Å².